The zero-order chi connectivity index (χ0) is 13.9. The summed E-state index contributed by atoms with van der Waals surface area (Å²) in [4.78, 5) is 10.4. The molecular formula is C11H11N3O4S. The Morgan fingerprint density at radius 2 is 2.16 bits per heavy atom. The Morgan fingerprint density at radius 3 is 2.79 bits per heavy atom. The molecule has 0 atom stereocenters. The average molecular weight is 281 g/mol. The van der Waals surface area contributed by atoms with Gasteiger partial charge in [-0.05, 0) is 24.3 Å². The maximum atomic E-state index is 11.5. The summed E-state index contributed by atoms with van der Waals surface area (Å²) >= 11 is 0. The first-order valence-electron chi connectivity index (χ1n) is 5.29. The summed E-state index contributed by atoms with van der Waals surface area (Å²) in [7, 11) is -3.90. The molecule has 0 spiro atoms. The predicted octanol–water partition coefficient (Wildman–Crippen LogP) is 0.699. The molecule has 1 heterocycles. The van der Waals surface area contributed by atoms with Gasteiger partial charge in [0, 0.05) is 12.4 Å². The molecule has 100 valence electrons. The van der Waals surface area contributed by atoms with Gasteiger partial charge in [-0.3, -0.25) is 9.52 Å². The van der Waals surface area contributed by atoms with Crippen LogP contribution in [0.5, 0.6) is 0 Å². The minimum atomic E-state index is -3.90. The molecule has 0 amide bonds. The van der Waals surface area contributed by atoms with Crippen LogP contribution in [0.25, 0.3) is 5.69 Å². The smallest absolute Gasteiger partial charge is 0.320 e. The van der Waals surface area contributed by atoms with Crippen molar-refractivity contribution in [3.05, 3.63) is 42.7 Å². The van der Waals surface area contributed by atoms with Crippen LogP contribution in [0, 0.1) is 0 Å². The first-order chi connectivity index (χ1) is 8.96. The molecule has 0 saturated carbocycles. The van der Waals surface area contributed by atoms with Crippen molar-refractivity contribution in [3.8, 4) is 5.69 Å². The molecule has 0 unspecified atom stereocenters. The van der Waals surface area contributed by atoms with Gasteiger partial charge in [0.05, 0.1) is 11.4 Å². The molecule has 2 aromatic rings. The quantitative estimate of drug-likeness (QED) is 0.840. The summed E-state index contributed by atoms with van der Waals surface area (Å²) in [6, 6.07) is 8.23. The lowest BCUT2D eigenvalue weighted by Crippen LogP contribution is -2.22. The van der Waals surface area contributed by atoms with Gasteiger partial charge in [0.25, 0.3) is 0 Å². The van der Waals surface area contributed by atoms with E-state index < -0.39 is 21.7 Å². The molecule has 0 saturated heterocycles. The molecule has 0 aliphatic carbocycles. The van der Waals surface area contributed by atoms with Crippen LogP contribution in [-0.4, -0.2) is 35.0 Å². The van der Waals surface area contributed by atoms with E-state index in [1.807, 2.05) is 0 Å². The lowest BCUT2D eigenvalue weighted by atomic mass is 10.3. The van der Waals surface area contributed by atoms with Crippen molar-refractivity contribution in [3.63, 3.8) is 0 Å². The average Bonchev–Trinajstić information content (AvgIpc) is 2.79. The normalized spacial score (nSPS) is 11.2. The molecular weight excluding hydrogens is 270 g/mol. The van der Waals surface area contributed by atoms with Crippen LogP contribution in [0.1, 0.15) is 0 Å². The molecule has 0 aliphatic heterocycles. The van der Waals surface area contributed by atoms with Gasteiger partial charge in [0.1, 0.15) is 0 Å². The number of carboxylic acid groups (broad SMARTS) is 1. The topological polar surface area (TPSA) is 101 Å². The fourth-order valence-electron chi connectivity index (χ4n) is 1.51. The van der Waals surface area contributed by atoms with E-state index in [-0.39, 0.29) is 5.69 Å². The number of nitrogens with zero attached hydrogens (tertiary/aromatic N) is 2. The third kappa shape index (κ3) is 3.55. The molecule has 8 heteroatoms. The number of sulfonamides is 1. The molecule has 0 fully saturated rings. The van der Waals surface area contributed by atoms with Crippen LogP contribution in [-0.2, 0) is 14.8 Å². The Kier molecular flexibility index (Phi) is 3.52. The van der Waals surface area contributed by atoms with Crippen molar-refractivity contribution in [2.75, 3.05) is 10.5 Å². The maximum absolute atomic E-state index is 11.5. The van der Waals surface area contributed by atoms with E-state index in [9.17, 15) is 13.2 Å². The summed E-state index contributed by atoms with van der Waals surface area (Å²) < 4.78 is 26.8. The minimum absolute atomic E-state index is 0.286. The highest BCUT2D eigenvalue weighted by Crippen LogP contribution is 2.15. The molecule has 0 aliphatic rings. The number of carboxylic acids is 1. The van der Waals surface area contributed by atoms with Crippen LogP contribution in [0.2, 0.25) is 0 Å². The fourth-order valence-corrected chi connectivity index (χ4v) is 2.40. The van der Waals surface area contributed by atoms with Gasteiger partial charge >= 0.3 is 5.97 Å². The Morgan fingerprint density at radius 1 is 1.37 bits per heavy atom. The third-order valence-electron chi connectivity index (χ3n) is 2.20. The van der Waals surface area contributed by atoms with Crippen molar-refractivity contribution in [1.82, 2.24) is 9.78 Å². The lowest BCUT2D eigenvalue weighted by Gasteiger charge is -2.08. The monoisotopic (exact) mass is 281 g/mol. The molecule has 2 rings (SSSR count). The number of benzene rings is 1. The SMILES string of the molecule is O=C(O)CS(=O)(=O)Nc1cccc(-n2cccn2)c1. The number of aliphatic carboxylic acids is 1. The maximum Gasteiger partial charge on any atom is 0.320 e. The number of carbonyl (C=O) groups is 1. The Labute approximate surface area is 109 Å². The van der Waals surface area contributed by atoms with E-state index in [1.54, 1.807) is 41.3 Å². The second-order valence-corrected chi connectivity index (χ2v) is 5.48. The minimum Gasteiger partial charge on any atom is -0.480 e. The Bertz CT molecular complexity index is 680. The van der Waals surface area contributed by atoms with Crippen LogP contribution < -0.4 is 4.72 Å². The van der Waals surface area contributed by atoms with Gasteiger partial charge in [-0.1, -0.05) is 6.07 Å². The molecule has 0 bridgehead atoms. The van der Waals surface area contributed by atoms with Gasteiger partial charge in [-0.25, -0.2) is 13.1 Å². The van der Waals surface area contributed by atoms with Crippen molar-refractivity contribution in [1.29, 1.82) is 0 Å². The van der Waals surface area contributed by atoms with E-state index in [0.29, 0.717) is 5.69 Å². The Balaban J connectivity index is 2.23. The summed E-state index contributed by atoms with van der Waals surface area (Å²) in [5.74, 6) is -2.38. The molecule has 19 heavy (non-hydrogen) atoms. The van der Waals surface area contributed by atoms with Crippen molar-refractivity contribution >= 4 is 21.7 Å². The van der Waals surface area contributed by atoms with Crippen molar-refractivity contribution < 1.29 is 18.3 Å². The largest absolute Gasteiger partial charge is 0.480 e. The number of hydrogen-bond donors (Lipinski definition) is 2. The predicted molar refractivity (Wildman–Crippen MR) is 68.6 cm³/mol. The Hall–Kier alpha value is -2.35. The van der Waals surface area contributed by atoms with E-state index >= 15 is 0 Å². The zero-order valence-corrected chi connectivity index (χ0v) is 10.5. The number of nitrogens with one attached hydrogen (secondary N) is 1. The number of anilines is 1. The summed E-state index contributed by atoms with van der Waals surface area (Å²) in [6.07, 6.45) is 3.31. The van der Waals surface area contributed by atoms with E-state index in [0.717, 1.165) is 0 Å². The fraction of sp³-hybridized carbons (Fsp3) is 0.0909. The van der Waals surface area contributed by atoms with E-state index in [2.05, 4.69) is 9.82 Å². The highest BCUT2D eigenvalue weighted by Gasteiger charge is 2.15. The molecule has 7 nitrogen and oxygen atoms in total. The van der Waals surface area contributed by atoms with Crippen LogP contribution in [0.3, 0.4) is 0 Å². The van der Waals surface area contributed by atoms with Gasteiger partial charge in [-0.2, -0.15) is 5.10 Å². The van der Waals surface area contributed by atoms with Crippen LogP contribution in [0.4, 0.5) is 5.69 Å². The van der Waals surface area contributed by atoms with Gasteiger partial charge < -0.3 is 5.11 Å². The third-order valence-corrected chi connectivity index (χ3v) is 3.38. The second kappa shape index (κ2) is 5.11. The van der Waals surface area contributed by atoms with Crippen LogP contribution >= 0.6 is 0 Å². The molecule has 1 aromatic heterocycles. The van der Waals surface area contributed by atoms with Gasteiger partial charge in [0.2, 0.25) is 10.0 Å². The second-order valence-electron chi connectivity index (χ2n) is 3.76. The van der Waals surface area contributed by atoms with Gasteiger partial charge in [-0.15, -0.1) is 0 Å². The van der Waals surface area contributed by atoms with Crippen molar-refractivity contribution in [2.24, 2.45) is 0 Å². The molecule has 1 aromatic carbocycles. The number of hydrogen-bond acceptors (Lipinski definition) is 4. The first-order valence-corrected chi connectivity index (χ1v) is 6.94. The van der Waals surface area contributed by atoms with E-state index in [4.69, 9.17) is 5.11 Å². The molecule has 0 radical (unpaired) electrons. The molecule has 2 N–H and O–H groups in total. The van der Waals surface area contributed by atoms with E-state index in [1.165, 1.54) is 6.07 Å². The highest BCUT2D eigenvalue weighted by molar-refractivity contribution is 7.93. The summed E-state index contributed by atoms with van der Waals surface area (Å²) in [6.45, 7) is 0. The first kappa shape index (κ1) is 13.1. The standard InChI is InChI=1S/C11H11N3O4S/c15-11(16)8-19(17,18)13-9-3-1-4-10(7-9)14-6-2-5-12-14/h1-7,13H,8H2,(H,15,16). The lowest BCUT2D eigenvalue weighted by molar-refractivity contribution is -0.134. The zero-order valence-electron chi connectivity index (χ0n) is 9.72. The van der Waals surface area contributed by atoms with Crippen molar-refractivity contribution in [2.45, 2.75) is 0 Å². The van der Waals surface area contributed by atoms with Crippen LogP contribution in [0.15, 0.2) is 42.7 Å². The highest BCUT2D eigenvalue weighted by atomic mass is 32.2. The summed E-state index contributed by atoms with van der Waals surface area (Å²) in [5, 5.41) is 12.5. The number of aromatic nitrogens is 2. The number of rotatable bonds is 5. The van der Waals surface area contributed by atoms with Gasteiger partial charge in [0.15, 0.2) is 5.75 Å². The summed E-state index contributed by atoms with van der Waals surface area (Å²) in [5.41, 5.74) is 0.953.